The second kappa shape index (κ2) is 3.77. The fourth-order valence-corrected chi connectivity index (χ4v) is 2.04. The molecule has 0 fully saturated rings. The SMILES string of the molecule is COC(=O)c1ccc2c(c1)oc1cc(N)ccc12. The number of hydrogen-bond acceptors (Lipinski definition) is 4. The predicted octanol–water partition coefficient (Wildman–Crippen LogP) is 2.95. The number of benzene rings is 2. The molecule has 0 amide bonds. The van der Waals surface area contributed by atoms with E-state index in [1.165, 1.54) is 7.11 Å². The first-order valence-corrected chi connectivity index (χ1v) is 5.49. The van der Waals surface area contributed by atoms with E-state index in [-0.39, 0.29) is 5.97 Å². The van der Waals surface area contributed by atoms with E-state index in [1.54, 1.807) is 18.2 Å². The molecule has 1 heterocycles. The van der Waals surface area contributed by atoms with Gasteiger partial charge in [0, 0.05) is 22.5 Å². The van der Waals surface area contributed by atoms with Crippen LogP contribution in [0.5, 0.6) is 0 Å². The number of carbonyl (C=O) groups excluding carboxylic acids is 1. The van der Waals surface area contributed by atoms with Gasteiger partial charge >= 0.3 is 5.97 Å². The third-order valence-electron chi connectivity index (χ3n) is 2.92. The minimum absolute atomic E-state index is 0.378. The van der Waals surface area contributed by atoms with Crippen molar-refractivity contribution in [2.24, 2.45) is 0 Å². The van der Waals surface area contributed by atoms with Crippen molar-refractivity contribution < 1.29 is 13.9 Å². The Morgan fingerprint density at radius 1 is 1.11 bits per heavy atom. The molecule has 18 heavy (non-hydrogen) atoms. The summed E-state index contributed by atoms with van der Waals surface area (Å²) in [5, 5.41) is 1.94. The molecule has 4 heteroatoms. The summed E-state index contributed by atoms with van der Waals surface area (Å²) in [6.07, 6.45) is 0. The van der Waals surface area contributed by atoms with Gasteiger partial charge in [-0.25, -0.2) is 4.79 Å². The van der Waals surface area contributed by atoms with Crippen molar-refractivity contribution in [2.45, 2.75) is 0 Å². The Balaban J connectivity index is 2.29. The number of methoxy groups -OCH3 is 1. The van der Waals surface area contributed by atoms with Crippen LogP contribution in [-0.4, -0.2) is 13.1 Å². The molecule has 0 unspecified atom stereocenters. The van der Waals surface area contributed by atoms with E-state index in [1.807, 2.05) is 18.2 Å². The number of furan rings is 1. The number of ether oxygens (including phenoxy) is 1. The fraction of sp³-hybridized carbons (Fsp3) is 0.0714. The lowest BCUT2D eigenvalue weighted by atomic mass is 10.1. The van der Waals surface area contributed by atoms with Gasteiger partial charge in [-0.3, -0.25) is 0 Å². The van der Waals surface area contributed by atoms with Crippen molar-refractivity contribution in [3.8, 4) is 0 Å². The van der Waals surface area contributed by atoms with Gasteiger partial charge in [0.15, 0.2) is 0 Å². The summed E-state index contributed by atoms with van der Waals surface area (Å²) in [5.41, 5.74) is 8.19. The number of nitrogen functional groups attached to an aromatic ring is 1. The molecule has 4 nitrogen and oxygen atoms in total. The van der Waals surface area contributed by atoms with Crippen LogP contribution in [0.4, 0.5) is 5.69 Å². The topological polar surface area (TPSA) is 65.5 Å². The second-order valence-electron chi connectivity index (χ2n) is 4.06. The third kappa shape index (κ3) is 1.50. The molecule has 0 saturated carbocycles. The van der Waals surface area contributed by atoms with Gasteiger partial charge in [-0.1, -0.05) is 0 Å². The first kappa shape index (κ1) is 10.7. The summed E-state index contributed by atoms with van der Waals surface area (Å²) < 4.78 is 10.4. The van der Waals surface area contributed by atoms with Crippen LogP contribution >= 0.6 is 0 Å². The van der Waals surface area contributed by atoms with E-state index in [0.717, 1.165) is 10.8 Å². The van der Waals surface area contributed by atoms with Gasteiger partial charge in [-0.05, 0) is 30.3 Å². The third-order valence-corrected chi connectivity index (χ3v) is 2.92. The van der Waals surface area contributed by atoms with Crippen LogP contribution in [0.2, 0.25) is 0 Å². The standard InChI is InChI=1S/C14H11NO3/c1-17-14(16)8-2-4-10-11-5-3-9(15)7-13(11)18-12(10)6-8/h2-7H,15H2,1H3. The molecule has 2 aromatic carbocycles. The molecule has 0 spiro atoms. The molecule has 3 rings (SSSR count). The summed E-state index contributed by atoms with van der Waals surface area (Å²) in [6.45, 7) is 0. The van der Waals surface area contributed by atoms with Crippen LogP contribution in [0.1, 0.15) is 10.4 Å². The highest BCUT2D eigenvalue weighted by atomic mass is 16.5. The minimum Gasteiger partial charge on any atom is -0.465 e. The van der Waals surface area contributed by atoms with Crippen LogP contribution in [0.3, 0.4) is 0 Å². The maximum Gasteiger partial charge on any atom is 0.337 e. The van der Waals surface area contributed by atoms with Gasteiger partial charge in [0.05, 0.1) is 12.7 Å². The average molecular weight is 241 g/mol. The molecule has 2 N–H and O–H groups in total. The van der Waals surface area contributed by atoms with E-state index < -0.39 is 0 Å². The number of nitrogens with two attached hydrogens (primary N) is 1. The lowest BCUT2D eigenvalue weighted by molar-refractivity contribution is 0.0601. The average Bonchev–Trinajstić information content (AvgIpc) is 2.73. The summed E-state index contributed by atoms with van der Waals surface area (Å²) in [4.78, 5) is 11.4. The largest absolute Gasteiger partial charge is 0.465 e. The molecular weight excluding hydrogens is 230 g/mol. The Morgan fingerprint density at radius 2 is 1.78 bits per heavy atom. The van der Waals surface area contributed by atoms with E-state index in [9.17, 15) is 4.79 Å². The zero-order valence-electron chi connectivity index (χ0n) is 9.77. The quantitative estimate of drug-likeness (QED) is 0.525. The van der Waals surface area contributed by atoms with Crippen molar-refractivity contribution in [3.05, 3.63) is 42.0 Å². The van der Waals surface area contributed by atoms with Crippen molar-refractivity contribution in [1.29, 1.82) is 0 Å². The van der Waals surface area contributed by atoms with E-state index in [2.05, 4.69) is 4.74 Å². The Kier molecular flexibility index (Phi) is 2.23. The van der Waals surface area contributed by atoms with Gasteiger partial charge in [0.2, 0.25) is 0 Å². The van der Waals surface area contributed by atoms with E-state index in [0.29, 0.717) is 22.4 Å². The Labute approximate surface area is 103 Å². The van der Waals surface area contributed by atoms with Crippen molar-refractivity contribution in [2.75, 3.05) is 12.8 Å². The van der Waals surface area contributed by atoms with E-state index in [4.69, 9.17) is 10.2 Å². The van der Waals surface area contributed by atoms with Crippen LogP contribution in [0.25, 0.3) is 21.9 Å². The number of hydrogen-bond donors (Lipinski definition) is 1. The normalized spacial score (nSPS) is 10.9. The molecule has 0 aliphatic heterocycles. The number of carbonyl (C=O) groups is 1. The van der Waals surface area contributed by atoms with Crippen molar-refractivity contribution in [1.82, 2.24) is 0 Å². The van der Waals surface area contributed by atoms with Gasteiger partial charge in [-0.15, -0.1) is 0 Å². The first-order valence-electron chi connectivity index (χ1n) is 5.49. The number of anilines is 1. The summed E-state index contributed by atoms with van der Waals surface area (Å²) in [6, 6.07) is 10.8. The van der Waals surface area contributed by atoms with Crippen LogP contribution in [0.15, 0.2) is 40.8 Å². The Morgan fingerprint density at radius 3 is 2.50 bits per heavy atom. The first-order chi connectivity index (χ1) is 8.69. The smallest absolute Gasteiger partial charge is 0.337 e. The zero-order valence-corrected chi connectivity index (χ0v) is 9.77. The molecule has 3 aromatic rings. The van der Waals surface area contributed by atoms with Crippen LogP contribution in [-0.2, 0) is 4.74 Å². The highest BCUT2D eigenvalue weighted by Crippen LogP contribution is 2.30. The maximum absolute atomic E-state index is 11.4. The van der Waals surface area contributed by atoms with Crippen molar-refractivity contribution in [3.63, 3.8) is 0 Å². The molecule has 0 atom stereocenters. The molecular formula is C14H11NO3. The predicted molar refractivity (Wildman–Crippen MR) is 69.5 cm³/mol. The molecule has 0 aliphatic rings. The van der Waals surface area contributed by atoms with Gasteiger partial charge < -0.3 is 14.9 Å². The zero-order chi connectivity index (χ0) is 12.7. The fourth-order valence-electron chi connectivity index (χ4n) is 2.04. The summed E-state index contributed by atoms with van der Waals surface area (Å²) in [7, 11) is 1.35. The molecule has 0 radical (unpaired) electrons. The van der Waals surface area contributed by atoms with Crippen molar-refractivity contribution >= 4 is 33.6 Å². The lowest BCUT2D eigenvalue weighted by Crippen LogP contribution is -1.99. The molecule has 1 aromatic heterocycles. The Bertz CT molecular complexity index is 758. The molecule has 0 aliphatic carbocycles. The maximum atomic E-state index is 11.4. The molecule has 0 bridgehead atoms. The monoisotopic (exact) mass is 241 g/mol. The molecule has 90 valence electrons. The number of rotatable bonds is 1. The van der Waals surface area contributed by atoms with Crippen LogP contribution < -0.4 is 5.73 Å². The highest BCUT2D eigenvalue weighted by Gasteiger charge is 2.11. The number of esters is 1. The lowest BCUT2D eigenvalue weighted by Gasteiger charge is -1.97. The highest BCUT2D eigenvalue weighted by molar-refractivity contribution is 6.07. The van der Waals surface area contributed by atoms with Crippen LogP contribution in [0, 0.1) is 0 Å². The second-order valence-corrected chi connectivity index (χ2v) is 4.06. The van der Waals surface area contributed by atoms with Gasteiger partial charge in [0.25, 0.3) is 0 Å². The van der Waals surface area contributed by atoms with Gasteiger partial charge in [0.1, 0.15) is 11.2 Å². The number of fused-ring (bicyclic) bond motifs is 3. The van der Waals surface area contributed by atoms with Gasteiger partial charge in [-0.2, -0.15) is 0 Å². The summed E-state index contributed by atoms with van der Waals surface area (Å²) in [5.74, 6) is -0.378. The molecule has 0 saturated heterocycles. The van der Waals surface area contributed by atoms with E-state index >= 15 is 0 Å². The summed E-state index contributed by atoms with van der Waals surface area (Å²) >= 11 is 0. The minimum atomic E-state index is -0.378. The Hall–Kier alpha value is -2.49.